The molecular formula is C20H31ClN4O3. The highest BCUT2D eigenvalue weighted by atomic mass is 35.5. The van der Waals surface area contributed by atoms with Crippen LogP contribution in [0.5, 0.6) is 0 Å². The molecule has 0 aliphatic carbocycles. The van der Waals surface area contributed by atoms with E-state index in [2.05, 4.69) is 5.32 Å². The SMILES string of the molecule is Cc1ccc(C2(C)NC(=O)N(CC(=O)N(C)CCC(N)C(C)C)C2=O)cc1.Cl. The first-order valence-electron chi connectivity index (χ1n) is 9.27. The number of hydrogen-bond donors (Lipinski definition) is 2. The zero-order valence-electron chi connectivity index (χ0n) is 17.2. The van der Waals surface area contributed by atoms with Crippen molar-refractivity contribution in [3.8, 4) is 0 Å². The maximum Gasteiger partial charge on any atom is 0.325 e. The van der Waals surface area contributed by atoms with Crippen molar-refractivity contribution in [2.24, 2.45) is 11.7 Å². The number of amides is 4. The number of carbonyl (C=O) groups is 3. The van der Waals surface area contributed by atoms with Crippen LogP contribution in [-0.4, -0.2) is 53.8 Å². The number of carbonyl (C=O) groups excluding carboxylic acids is 3. The van der Waals surface area contributed by atoms with Crippen molar-refractivity contribution in [2.75, 3.05) is 20.1 Å². The molecule has 4 amide bonds. The molecule has 1 heterocycles. The Bertz CT molecular complexity index is 723. The molecule has 1 aromatic rings. The van der Waals surface area contributed by atoms with Crippen molar-refractivity contribution in [1.82, 2.24) is 15.1 Å². The van der Waals surface area contributed by atoms with E-state index in [-0.39, 0.29) is 30.9 Å². The number of nitrogens with zero attached hydrogens (tertiary/aromatic N) is 2. The number of nitrogens with one attached hydrogen (secondary N) is 1. The third-order valence-corrected chi connectivity index (χ3v) is 5.28. The molecule has 28 heavy (non-hydrogen) atoms. The first-order valence-corrected chi connectivity index (χ1v) is 9.27. The van der Waals surface area contributed by atoms with Gasteiger partial charge in [-0.05, 0) is 31.7 Å². The van der Waals surface area contributed by atoms with Crippen LogP contribution in [0, 0.1) is 12.8 Å². The van der Waals surface area contributed by atoms with E-state index in [0.717, 1.165) is 10.5 Å². The van der Waals surface area contributed by atoms with Gasteiger partial charge in [0.15, 0.2) is 0 Å². The van der Waals surface area contributed by atoms with E-state index in [9.17, 15) is 14.4 Å². The highest BCUT2D eigenvalue weighted by molar-refractivity contribution is 6.09. The van der Waals surface area contributed by atoms with Crippen molar-refractivity contribution < 1.29 is 14.4 Å². The van der Waals surface area contributed by atoms with Gasteiger partial charge in [0.1, 0.15) is 12.1 Å². The summed E-state index contributed by atoms with van der Waals surface area (Å²) >= 11 is 0. The van der Waals surface area contributed by atoms with Gasteiger partial charge in [-0.25, -0.2) is 4.79 Å². The van der Waals surface area contributed by atoms with Gasteiger partial charge in [0, 0.05) is 19.6 Å². The average molecular weight is 411 g/mol. The lowest BCUT2D eigenvalue weighted by Gasteiger charge is -2.24. The monoisotopic (exact) mass is 410 g/mol. The minimum absolute atomic E-state index is 0. The van der Waals surface area contributed by atoms with E-state index in [0.29, 0.717) is 24.4 Å². The molecule has 1 fully saturated rings. The summed E-state index contributed by atoms with van der Waals surface area (Å²) in [6.45, 7) is 7.88. The van der Waals surface area contributed by atoms with Crippen molar-refractivity contribution in [2.45, 2.75) is 45.7 Å². The number of hydrogen-bond acceptors (Lipinski definition) is 4. The van der Waals surface area contributed by atoms with Crippen LogP contribution in [0.25, 0.3) is 0 Å². The molecule has 0 bridgehead atoms. The summed E-state index contributed by atoms with van der Waals surface area (Å²) in [5.74, 6) is -0.380. The van der Waals surface area contributed by atoms with Gasteiger partial charge in [-0.1, -0.05) is 43.7 Å². The molecule has 2 atom stereocenters. The Hall–Kier alpha value is -2.12. The normalized spacial score (nSPS) is 20.0. The molecule has 156 valence electrons. The van der Waals surface area contributed by atoms with Gasteiger partial charge in [-0.2, -0.15) is 0 Å². The first-order chi connectivity index (χ1) is 12.6. The van der Waals surface area contributed by atoms with Gasteiger partial charge in [-0.15, -0.1) is 12.4 Å². The lowest BCUT2D eigenvalue weighted by Crippen LogP contribution is -2.44. The van der Waals surface area contributed by atoms with E-state index in [1.807, 2.05) is 45.0 Å². The number of urea groups is 1. The molecule has 1 saturated heterocycles. The van der Waals surface area contributed by atoms with Crippen molar-refractivity contribution in [1.29, 1.82) is 0 Å². The summed E-state index contributed by atoms with van der Waals surface area (Å²) < 4.78 is 0. The van der Waals surface area contributed by atoms with Gasteiger partial charge < -0.3 is 16.0 Å². The van der Waals surface area contributed by atoms with Crippen LogP contribution in [0.3, 0.4) is 0 Å². The van der Waals surface area contributed by atoms with E-state index < -0.39 is 17.5 Å². The third kappa shape index (κ3) is 5.02. The molecule has 1 aliphatic rings. The zero-order chi connectivity index (χ0) is 20.4. The fourth-order valence-electron chi connectivity index (χ4n) is 2.98. The third-order valence-electron chi connectivity index (χ3n) is 5.28. The molecule has 1 aliphatic heterocycles. The number of likely N-dealkylation sites (N-methyl/N-ethyl adjacent to an activating group) is 1. The number of benzene rings is 1. The summed E-state index contributed by atoms with van der Waals surface area (Å²) in [6.07, 6.45) is 0.668. The second-order valence-electron chi connectivity index (χ2n) is 7.82. The minimum Gasteiger partial charge on any atom is -0.344 e. The minimum atomic E-state index is -1.16. The first kappa shape index (κ1) is 23.9. The van der Waals surface area contributed by atoms with Crippen LogP contribution >= 0.6 is 12.4 Å². The number of imide groups is 1. The summed E-state index contributed by atoms with van der Waals surface area (Å²) in [7, 11) is 1.66. The standard InChI is InChI=1S/C20H30N4O3.ClH/c1-13(2)16(21)10-11-23(5)17(25)12-24-18(26)20(4,22-19(24)27)15-8-6-14(3)7-9-15;/h6-9,13,16H,10-12,21H2,1-5H3,(H,22,27);1H. The quantitative estimate of drug-likeness (QED) is 0.672. The van der Waals surface area contributed by atoms with Crippen LogP contribution in [-0.2, 0) is 15.1 Å². The molecule has 0 radical (unpaired) electrons. The van der Waals surface area contributed by atoms with Crippen molar-refractivity contribution in [3.63, 3.8) is 0 Å². The summed E-state index contributed by atoms with van der Waals surface area (Å²) in [6, 6.07) is 6.86. The smallest absolute Gasteiger partial charge is 0.325 e. The van der Waals surface area contributed by atoms with Gasteiger partial charge in [0.05, 0.1) is 0 Å². The second-order valence-corrected chi connectivity index (χ2v) is 7.82. The molecule has 0 aromatic heterocycles. The van der Waals surface area contributed by atoms with E-state index >= 15 is 0 Å². The van der Waals surface area contributed by atoms with Gasteiger partial charge >= 0.3 is 6.03 Å². The number of aryl methyl sites for hydroxylation is 1. The van der Waals surface area contributed by atoms with Gasteiger partial charge in [0.2, 0.25) is 5.91 Å². The Balaban J connectivity index is 0.00000392. The maximum absolute atomic E-state index is 12.9. The molecule has 8 heteroatoms. The molecule has 3 N–H and O–H groups in total. The summed E-state index contributed by atoms with van der Waals surface area (Å²) in [5, 5.41) is 2.72. The van der Waals surface area contributed by atoms with Crippen molar-refractivity contribution in [3.05, 3.63) is 35.4 Å². The van der Waals surface area contributed by atoms with E-state index in [1.54, 1.807) is 14.0 Å². The Kier molecular flexibility index (Phi) is 8.02. The molecule has 0 saturated carbocycles. The predicted molar refractivity (Wildman–Crippen MR) is 111 cm³/mol. The van der Waals surface area contributed by atoms with Crippen LogP contribution in [0.2, 0.25) is 0 Å². The van der Waals surface area contributed by atoms with Crippen LogP contribution in [0.4, 0.5) is 4.79 Å². The lowest BCUT2D eigenvalue weighted by molar-refractivity contribution is -0.138. The Morgan fingerprint density at radius 2 is 1.82 bits per heavy atom. The number of rotatable bonds is 7. The Labute approximate surface area is 173 Å². The Morgan fingerprint density at radius 1 is 1.25 bits per heavy atom. The van der Waals surface area contributed by atoms with Crippen LogP contribution in [0.15, 0.2) is 24.3 Å². The average Bonchev–Trinajstić information content (AvgIpc) is 2.83. The maximum atomic E-state index is 12.9. The highest BCUT2D eigenvalue weighted by Gasteiger charge is 2.49. The molecule has 0 spiro atoms. The van der Waals surface area contributed by atoms with E-state index in [1.165, 1.54) is 4.90 Å². The summed E-state index contributed by atoms with van der Waals surface area (Å²) in [4.78, 5) is 40.2. The van der Waals surface area contributed by atoms with Gasteiger partial charge in [0.25, 0.3) is 5.91 Å². The highest BCUT2D eigenvalue weighted by Crippen LogP contribution is 2.29. The fraction of sp³-hybridized carbons (Fsp3) is 0.550. The number of halogens is 1. The molecule has 2 rings (SSSR count). The largest absolute Gasteiger partial charge is 0.344 e. The molecular weight excluding hydrogens is 380 g/mol. The van der Waals surface area contributed by atoms with E-state index in [4.69, 9.17) is 5.73 Å². The molecule has 1 aromatic carbocycles. The number of nitrogens with two attached hydrogens (primary N) is 1. The zero-order valence-corrected chi connectivity index (χ0v) is 18.0. The fourth-order valence-corrected chi connectivity index (χ4v) is 2.98. The van der Waals surface area contributed by atoms with Crippen LogP contribution < -0.4 is 11.1 Å². The Morgan fingerprint density at radius 3 is 2.36 bits per heavy atom. The summed E-state index contributed by atoms with van der Waals surface area (Å²) in [5.41, 5.74) is 6.61. The van der Waals surface area contributed by atoms with Crippen LogP contribution in [0.1, 0.15) is 38.3 Å². The molecule has 7 nitrogen and oxygen atoms in total. The topological polar surface area (TPSA) is 95.7 Å². The van der Waals surface area contributed by atoms with Crippen molar-refractivity contribution >= 4 is 30.3 Å². The predicted octanol–water partition coefficient (Wildman–Crippen LogP) is 2.02. The molecule has 2 unspecified atom stereocenters. The van der Waals surface area contributed by atoms with Gasteiger partial charge in [-0.3, -0.25) is 14.5 Å². The lowest BCUT2D eigenvalue weighted by atomic mass is 9.91. The second kappa shape index (κ2) is 9.39.